The van der Waals surface area contributed by atoms with Gasteiger partial charge in [0.15, 0.2) is 0 Å². The molecule has 3 rings (SSSR count). The van der Waals surface area contributed by atoms with E-state index in [9.17, 15) is 4.79 Å². The molecule has 5 nitrogen and oxygen atoms in total. The number of hydrogen-bond donors (Lipinski definition) is 2. The second-order valence-corrected chi connectivity index (χ2v) is 5.25. The summed E-state index contributed by atoms with van der Waals surface area (Å²) >= 11 is 0. The van der Waals surface area contributed by atoms with Gasteiger partial charge in [-0.1, -0.05) is 0 Å². The van der Waals surface area contributed by atoms with E-state index in [2.05, 4.69) is 21.7 Å². The number of nitrogens with one attached hydrogen (secondary N) is 2. The molecule has 0 saturated carbocycles. The predicted octanol–water partition coefficient (Wildman–Crippen LogP) is 2.19. The summed E-state index contributed by atoms with van der Waals surface area (Å²) in [5.41, 5.74) is 1.49. The van der Waals surface area contributed by atoms with Gasteiger partial charge in [-0.2, -0.15) is 5.26 Å². The third-order valence-corrected chi connectivity index (χ3v) is 3.67. The molecule has 1 fully saturated rings. The number of fused-ring (bicyclic) bond motifs is 1. The smallest absolute Gasteiger partial charge is 0.220 e. The third-order valence-electron chi connectivity index (χ3n) is 3.67. The highest BCUT2D eigenvalue weighted by Crippen LogP contribution is 2.17. The zero-order valence-corrected chi connectivity index (χ0v) is 11.6. The maximum atomic E-state index is 11.3. The first kappa shape index (κ1) is 13.4. The van der Waals surface area contributed by atoms with Crippen LogP contribution in [0.3, 0.4) is 0 Å². The maximum Gasteiger partial charge on any atom is 0.220 e. The van der Waals surface area contributed by atoms with Crippen molar-refractivity contribution in [2.24, 2.45) is 0 Å². The Balaban J connectivity index is 1.70. The minimum Gasteiger partial charge on any atom is -0.368 e. The van der Waals surface area contributed by atoms with E-state index in [4.69, 9.17) is 5.26 Å². The first-order valence-electron chi connectivity index (χ1n) is 7.09. The molecular formula is C16H16N4O. The largest absolute Gasteiger partial charge is 0.368 e. The number of benzene rings is 1. The Kier molecular flexibility index (Phi) is 3.69. The van der Waals surface area contributed by atoms with Crippen LogP contribution in [0.2, 0.25) is 0 Å². The molecule has 0 bridgehead atoms. The van der Waals surface area contributed by atoms with Crippen LogP contribution in [0.4, 0.5) is 5.82 Å². The number of rotatable bonds is 3. The van der Waals surface area contributed by atoms with Crippen LogP contribution >= 0.6 is 0 Å². The molecular weight excluding hydrogens is 264 g/mol. The van der Waals surface area contributed by atoms with Crippen molar-refractivity contribution >= 4 is 22.6 Å². The Morgan fingerprint density at radius 1 is 1.38 bits per heavy atom. The first-order chi connectivity index (χ1) is 10.2. The molecule has 1 aliphatic rings. The minimum atomic E-state index is 0.128. The molecule has 1 saturated heterocycles. The van der Waals surface area contributed by atoms with Crippen molar-refractivity contribution in [1.82, 2.24) is 10.3 Å². The Labute approximate surface area is 123 Å². The van der Waals surface area contributed by atoms with Crippen LogP contribution in [-0.4, -0.2) is 23.5 Å². The molecule has 1 amide bonds. The van der Waals surface area contributed by atoms with Gasteiger partial charge in [0.25, 0.3) is 0 Å². The quantitative estimate of drug-likeness (QED) is 0.903. The fourth-order valence-electron chi connectivity index (χ4n) is 2.56. The number of carbonyl (C=O) groups excluding carboxylic acids is 1. The highest BCUT2D eigenvalue weighted by molar-refractivity contribution is 5.81. The topological polar surface area (TPSA) is 77.8 Å². The van der Waals surface area contributed by atoms with Gasteiger partial charge in [0.2, 0.25) is 5.91 Å². The molecule has 2 heterocycles. The lowest BCUT2D eigenvalue weighted by molar-refractivity contribution is -0.123. The van der Waals surface area contributed by atoms with E-state index < -0.39 is 0 Å². The fraction of sp³-hybridized carbons (Fsp3) is 0.312. The van der Waals surface area contributed by atoms with Crippen molar-refractivity contribution < 1.29 is 4.79 Å². The van der Waals surface area contributed by atoms with Gasteiger partial charge in [0, 0.05) is 24.4 Å². The molecule has 0 aliphatic carbocycles. The highest BCUT2D eigenvalue weighted by Gasteiger charge is 2.17. The van der Waals surface area contributed by atoms with Gasteiger partial charge in [0.1, 0.15) is 5.82 Å². The zero-order valence-electron chi connectivity index (χ0n) is 11.6. The molecule has 21 heavy (non-hydrogen) atoms. The fourth-order valence-corrected chi connectivity index (χ4v) is 2.56. The summed E-state index contributed by atoms with van der Waals surface area (Å²) in [6, 6.07) is 11.6. The minimum absolute atomic E-state index is 0.128. The van der Waals surface area contributed by atoms with E-state index in [1.54, 1.807) is 6.07 Å². The molecule has 0 radical (unpaired) electrons. The van der Waals surface area contributed by atoms with Crippen molar-refractivity contribution in [1.29, 1.82) is 5.26 Å². The van der Waals surface area contributed by atoms with Crippen LogP contribution in [0.1, 0.15) is 24.8 Å². The first-order valence-corrected chi connectivity index (χ1v) is 7.09. The molecule has 1 aliphatic heterocycles. The van der Waals surface area contributed by atoms with Gasteiger partial charge in [0.05, 0.1) is 17.1 Å². The number of aromatic nitrogens is 1. The van der Waals surface area contributed by atoms with Crippen LogP contribution < -0.4 is 10.6 Å². The molecule has 2 aromatic rings. The summed E-state index contributed by atoms with van der Waals surface area (Å²) in [7, 11) is 0. The summed E-state index contributed by atoms with van der Waals surface area (Å²) < 4.78 is 0. The number of pyridine rings is 1. The summed E-state index contributed by atoms with van der Waals surface area (Å²) in [5.74, 6) is 0.913. The Bertz CT molecular complexity index is 720. The van der Waals surface area contributed by atoms with Gasteiger partial charge in [-0.15, -0.1) is 0 Å². The number of anilines is 1. The molecule has 1 atom stereocenters. The number of nitriles is 1. The summed E-state index contributed by atoms with van der Waals surface area (Å²) in [4.78, 5) is 15.9. The average Bonchev–Trinajstić information content (AvgIpc) is 2.52. The van der Waals surface area contributed by atoms with Crippen LogP contribution in [0.5, 0.6) is 0 Å². The Hall–Kier alpha value is -2.61. The van der Waals surface area contributed by atoms with Crippen molar-refractivity contribution in [3.63, 3.8) is 0 Å². The lowest BCUT2D eigenvalue weighted by Gasteiger charge is -2.23. The lowest BCUT2D eigenvalue weighted by atomic mass is 10.0. The second-order valence-electron chi connectivity index (χ2n) is 5.25. The number of nitrogens with zero attached hydrogens (tertiary/aromatic N) is 2. The number of carbonyl (C=O) groups is 1. The normalized spacial score (nSPS) is 18.0. The summed E-state index contributed by atoms with van der Waals surface area (Å²) in [6.07, 6.45) is 2.57. The zero-order chi connectivity index (χ0) is 14.7. The van der Waals surface area contributed by atoms with Crippen LogP contribution in [0.25, 0.3) is 10.9 Å². The SMILES string of the molecule is N#Cc1ccc2nc(NC[C@H]3CCCC(=O)N3)ccc2c1. The van der Waals surface area contributed by atoms with Crippen LogP contribution in [0.15, 0.2) is 30.3 Å². The van der Waals surface area contributed by atoms with Crippen LogP contribution in [-0.2, 0) is 4.79 Å². The molecule has 106 valence electrons. The van der Waals surface area contributed by atoms with E-state index in [0.717, 1.165) is 29.6 Å². The third kappa shape index (κ3) is 3.11. The van der Waals surface area contributed by atoms with Crippen molar-refractivity contribution in [3.05, 3.63) is 35.9 Å². The monoisotopic (exact) mass is 280 g/mol. The van der Waals surface area contributed by atoms with Gasteiger partial charge in [-0.05, 0) is 43.2 Å². The van der Waals surface area contributed by atoms with E-state index in [1.165, 1.54) is 0 Å². The lowest BCUT2D eigenvalue weighted by Crippen LogP contribution is -2.42. The number of amides is 1. The Morgan fingerprint density at radius 3 is 3.10 bits per heavy atom. The number of hydrogen-bond acceptors (Lipinski definition) is 4. The number of piperidine rings is 1. The molecule has 0 spiro atoms. The van der Waals surface area contributed by atoms with Crippen molar-refractivity contribution in [2.45, 2.75) is 25.3 Å². The average molecular weight is 280 g/mol. The van der Waals surface area contributed by atoms with Crippen molar-refractivity contribution in [2.75, 3.05) is 11.9 Å². The second kappa shape index (κ2) is 5.80. The van der Waals surface area contributed by atoms with E-state index in [-0.39, 0.29) is 11.9 Å². The maximum absolute atomic E-state index is 11.3. The van der Waals surface area contributed by atoms with Gasteiger partial charge in [-0.3, -0.25) is 4.79 Å². The summed E-state index contributed by atoms with van der Waals surface area (Å²) in [5, 5.41) is 16.1. The molecule has 1 aromatic carbocycles. The summed E-state index contributed by atoms with van der Waals surface area (Å²) in [6.45, 7) is 0.681. The molecule has 0 unspecified atom stereocenters. The van der Waals surface area contributed by atoms with Gasteiger partial charge in [-0.25, -0.2) is 4.98 Å². The predicted molar refractivity (Wildman–Crippen MR) is 80.7 cm³/mol. The van der Waals surface area contributed by atoms with E-state index in [1.807, 2.05) is 24.3 Å². The van der Waals surface area contributed by atoms with Gasteiger partial charge < -0.3 is 10.6 Å². The van der Waals surface area contributed by atoms with E-state index in [0.29, 0.717) is 18.5 Å². The Morgan fingerprint density at radius 2 is 2.29 bits per heavy atom. The molecule has 1 aromatic heterocycles. The van der Waals surface area contributed by atoms with Crippen LogP contribution in [0, 0.1) is 11.3 Å². The standard InChI is InChI=1S/C16H16N4O/c17-9-11-4-6-14-12(8-11)5-7-15(20-14)18-10-13-2-1-3-16(21)19-13/h4-8,13H,1-3,10H2,(H,18,20)(H,19,21)/t13-/m1/s1. The molecule has 2 N–H and O–H groups in total. The van der Waals surface area contributed by atoms with Crippen molar-refractivity contribution in [3.8, 4) is 6.07 Å². The highest BCUT2D eigenvalue weighted by atomic mass is 16.1. The molecule has 5 heteroatoms. The van der Waals surface area contributed by atoms with E-state index >= 15 is 0 Å². The van der Waals surface area contributed by atoms with Gasteiger partial charge >= 0.3 is 0 Å².